The molecule has 0 saturated carbocycles. The average Bonchev–Trinajstić information content (AvgIpc) is 3.40. The molecule has 0 aromatic heterocycles. The number of hydrogen-bond acceptors (Lipinski definition) is 10. The van der Waals surface area contributed by atoms with Gasteiger partial charge in [-0.3, -0.25) is 9.59 Å². The van der Waals surface area contributed by atoms with Crippen LogP contribution in [-0.4, -0.2) is 134 Å². The highest BCUT2D eigenvalue weighted by Gasteiger charge is 2.02. The third-order valence-electron chi connectivity index (χ3n) is 11.2. The van der Waals surface area contributed by atoms with E-state index in [0.29, 0.717) is 12.8 Å². The molecule has 12 heteroatoms. The van der Waals surface area contributed by atoms with Gasteiger partial charge in [0.05, 0.1) is 0 Å². The van der Waals surface area contributed by atoms with Crippen LogP contribution >= 0.6 is 0 Å². The Morgan fingerprint density at radius 3 is 0.554 bits per heavy atom. The van der Waals surface area contributed by atoms with Crippen molar-refractivity contribution in [1.29, 1.82) is 0 Å². The number of carbonyl (C=O) groups excluding carboxylic acids is 2. The van der Waals surface area contributed by atoms with E-state index < -0.39 is 0 Å². The third kappa shape index (κ3) is 173. The monoisotopic (exact) mass is 1220 g/mol. The predicted molar refractivity (Wildman–Crippen MR) is 396 cm³/mol. The van der Waals surface area contributed by atoms with Crippen molar-refractivity contribution >= 4 is 11.8 Å². The van der Waals surface area contributed by atoms with E-state index in [1.54, 1.807) is 28.4 Å². The maximum atomic E-state index is 11.7. The minimum Gasteiger partial charge on any atom is -0.385 e. The zero-order valence-corrected chi connectivity index (χ0v) is 50.9. The van der Waals surface area contributed by atoms with Crippen LogP contribution in [0.15, 0.2) is 0 Å². The van der Waals surface area contributed by atoms with Gasteiger partial charge in [0.25, 0.3) is 0 Å². The summed E-state index contributed by atoms with van der Waals surface area (Å²) in [4.78, 5) is 23.1. The molecule has 0 radical (unpaired) electrons. The largest absolute Gasteiger partial charge is 0.385 e. The van der Waals surface area contributed by atoms with Gasteiger partial charge in [0.1, 0.15) is 0 Å². The zero-order valence-electron chi connectivity index (χ0n) is 50.9. The molecule has 0 heterocycles. The molecule has 2 amide bonds. The molecular weight excluding hydrogens is 1030 g/mol. The van der Waals surface area contributed by atoms with Gasteiger partial charge in [-0.1, -0.05) is 253 Å². The van der Waals surface area contributed by atoms with Crippen LogP contribution in [0.5, 0.6) is 0 Å². The lowest BCUT2D eigenvalue weighted by Crippen LogP contribution is -2.24. The lowest BCUT2D eigenvalue weighted by atomic mass is 10.1. The van der Waals surface area contributed by atoms with Crippen LogP contribution in [0.2, 0.25) is 0 Å². The molecule has 0 aliphatic carbocycles. The van der Waals surface area contributed by atoms with Gasteiger partial charge in [0, 0.05) is 80.8 Å². The quantitative estimate of drug-likeness (QED) is 0.0326. The van der Waals surface area contributed by atoms with Crippen LogP contribution in [0, 0.1) is 0 Å². The molecule has 0 aliphatic heterocycles. The van der Waals surface area contributed by atoms with Crippen molar-refractivity contribution in [3.05, 3.63) is 0 Å². The molecule has 0 fully saturated rings. The molecule has 532 valence electrons. The zero-order chi connectivity index (χ0) is 54.6. The molecule has 0 unspecified atom stereocenters. The maximum absolute atomic E-state index is 11.7. The van der Waals surface area contributed by atoms with E-state index in [9.17, 15) is 9.59 Å². The second-order valence-corrected chi connectivity index (χ2v) is 17.5. The number of carbonyl (C=O) groups is 2. The summed E-state index contributed by atoms with van der Waals surface area (Å²) in [5.74, 6) is 0.429. The fourth-order valence-electron chi connectivity index (χ4n) is 7.00. The van der Waals surface area contributed by atoms with Gasteiger partial charge >= 0.3 is 0 Å². The molecule has 0 saturated heterocycles. The van der Waals surface area contributed by atoms with Gasteiger partial charge in [0.15, 0.2) is 0 Å². The van der Waals surface area contributed by atoms with Gasteiger partial charge in [-0.15, -0.1) is 0 Å². The first-order valence-corrected chi connectivity index (χ1v) is 30.0. The molecule has 0 atom stereocenters. The summed E-state index contributed by atoms with van der Waals surface area (Å²) < 4.78 is 19.9. The Morgan fingerprint density at radius 2 is 0.373 bits per heavy atom. The fourth-order valence-corrected chi connectivity index (χ4v) is 7.00. The van der Waals surface area contributed by atoms with Crippen molar-refractivity contribution in [3.8, 4) is 0 Å². The lowest BCUT2D eigenvalue weighted by molar-refractivity contribution is -0.122. The van der Waals surface area contributed by atoms with Crippen LogP contribution in [0.1, 0.15) is 343 Å². The topological polar surface area (TPSA) is 143 Å². The fraction of sp³-hybridized carbons (Fsp3) is 0.972. The molecule has 0 spiro atoms. The van der Waals surface area contributed by atoms with Crippen LogP contribution in [0.3, 0.4) is 0 Å². The summed E-state index contributed by atoms with van der Waals surface area (Å²) in [6.07, 6.45) is 40.0. The number of amides is 2. The Labute approximate surface area is 534 Å². The van der Waals surface area contributed by atoms with Gasteiger partial charge in [0.2, 0.25) is 11.8 Å². The lowest BCUT2D eigenvalue weighted by Gasteiger charge is -2.05. The van der Waals surface area contributed by atoms with Gasteiger partial charge in [-0.2, -0.15) is 0 Å². The first kappa shape index (κ1) is 135. The molecule has 0 aliphatic rings. The average molecular weight is 1220 g/mol. The predicted octanol–water partition coefficient (Wildman–Crippen LogP) is 21.2. The number of unbranched alkanes of at least 4 members (excludes halogenated alkanes) is 25. The summed E-state index contributed by atoms with van der Waals surface area (Å²) >= 11 is 0. The molecule has 0 aromatic carbocycles. The standard InChI is InChI=1S/C18H38N2O2.C14H30N2O2.C13H29NO.C8H19NO.3C2H6.12CH4/c1-19-15-11-7-8-12-16-20-18(21)14-10-6-4-3-5-9-13-17-22-2;1-15-11-7-3-4-8-12-16-14(17)10-6-5-9-13-18-2;1-14-12-10-8-6-4-3-5-7-9-11-13-15-2;1-9-7-5-3-4-6-8-10-2;3*1-2;;;;;;;;;;;;/h19H,3-17H2,1-2H3,(H,20,21);15H,3-13H2,1-2H3,(H,16,17);14H,3-13H2,1-2H3;9H,3-8H2,1-2H3;3*1-2H3;12*1H4. The molecule has 12 nitrogen and oxygen atoms in total. The summed E-state index contributed by atoms with van der Waals surface area (Å²) in [6, 6.07) is 0. The molecule has 6 N–H and O–H groups in total. The summed E-state index contributed by atoms with van der Waals surface area (Å²) in [6.45, 7) is 21.7. The van der Waals surface area contributed by atoms with Gasteiger partial charge in [-0.25, -0.2) is 0 Å². The molecule has 0 bridgehead atoms. The second-order valence-electron chi connectivity index (χ2n) is 17.5. The van der Waals surface area contributed by atoms with Crippen LogP contribution in [0.4, 0.5) is 0 Å². The highest BCUT2D eigenvalue weighted by Crippen LogP contribution is 2.10. The maximum Gasteiger partial charge on any atom is 0.219 e. The molecular formula is C71H182N6O6. The Hall–Kier alpha value is -1.38. The van der Waals surface area contributed by atoms with Gasteiger partial charge in [-0.05, 0) is 131 Å². The van der Waals surface area contributed by atoms with E-state index in [4.69, 9.17) is 18.9 Å². The van der Waals surface area contributed by atoms with E-state index in [-0.39, 0.29) is 101 Å². The van der Waals surface area contributed by atoms with E-state index in [2.05, 4.69) is 31.9 Å². The smallest absolute Gasteiger partial charge is 0.219 e. The van der Waals surface area contributed by atoms with E-state index >= 15 is 0 Å². The minimum absolute atomic E-state index is 0. The van der Waals surface area contributed by atoms with Crippen molar-refractivity contribution in [2.45, 2.75) is 343 Å². The molecule has 0 rings (SSSR count). The van der Waals surface area contributed by atoms with Crippen LogP contribution in [0.25, 0.3) is 0 Å². The SMILES string of the molecule is C.C.C.C.C.C.C.C.C.C.C.C.CC.CC.CC.CNCCCCCCCCCCCOC.CNCCCCCCNC(=O)CCCCCCCCCOC.CNCCCCCCNC(=O)CCCCCOC.CNCCCCCCOC. The van der Waals surface area contributed by atoms with E-state index in [0.717, 1.165) is 97.7 Å². The molecule has 83 heavy (non-hydrogen) atoms. The summed E-state index contributed by atoms with van der Waals surface area (Å²) in [5.41, 5.74) is 0. The van der Waals surface area contributed by atoms with E-state index in [1.807, 2.05) is 69.7 Å². The van der Waals surface area contributed by atoms with Crippen molar-refractivity contribution in [2.75, 3.05) is 122 Å². The van der Waals surface area contributed by atoms with Crippen molar-refractivity contribution in [3.63, 3.8) is 0 Å². The number of nitrogens with one attached hydrogen (secondary N) is 6. The minimum atomic E-state index is 0. The van der Waals surface area contributed by atoms with Crippen molar-refractivity contribution in [2.24, 2.45) is 0 Å². The number of ether oxygens (including phenoxy) is 4. The Kier molecular flexibility index (Phi) is 251. The second kappa shape index (κ2) is 154. The first-order valence-electron chi connectivity index (χ1n) is 30.0. The third-order valence-corrected chi connectivity index (χ3v) is 11.2. The highest BCUT2D eigenvalue weighted by atomic mass is 16.5. The van der Waals surface area contributed by atoms with Gasteiger partial charge < -0.3 is 50.8 Å². The number of methoxy groups -OCH3 is 4. The summed E-state index contributed by atoms with van der Waals surface area (Å²) in [7, 11) is 15.0. The number of hydrogen-bond donors (Lipinski definition) is 6. The normalized spacial score (nSPS) is 8.55. The molecule has 0 aromatic rings. The Bertz CT molecular complexity index is 816. The Balaban J connectivity index is -0.0000000366. The van der Waals surface area contributed by atoms with Crippen LogP contribution < -0.4 is 31.9 Å². The van der Waals surface area contributed by atoms with Crippen molar-refractivity contribution in [1.82, 2.24) is 31.9 Å². The first-order chi connectivity index (χ1) is 34.9. The number of rotatable bonds is 49. The van der Waals surface area contributed by atoms with E-state index in [1.165, 1.54) is 167 Å². The highest BCUT2D eigenvalue weighted by molar-refractivity contribution is 5.76. The van der Waals surface area contributed by atoms with Crippen molar-refractivity contribution < 1.29 is 28.5 Å². The Morgan fingerprint density at radius 1 is 0.229 bits per heavy atom. The van der Waals surface area contributed by atoms with Crippen LogP contribution in [-0.2, 0) is 28.5 Å². The summed E-state index contributed by atoms with van der Waals surface area (Å²) in [5, 5.41) is 18.6.